The normalized spacial score (nSPS) is 15.9. The number of amides is 2. The Morgan fingerprint density at radius 3 is 2.33 bits per heavy atom. The van der Waals surface area contributed by atoms with Crippen molar-refractivity contribution in [3.8, 4) is 0 Å². The number of piperidine rings is 1. The topological polar surface area (TPSA) is 108 Å². The van der Waals surface area contributed by atoms with E-state index in [0.29, 0.717) is 41.4 Å². The summed E-state index contributed by atoms with van der Waals surface area (Å²) in [4.78, 5) is 26.3. The fourth-order valence-corrected chi connectivity index (χ4v) is 3.57. The van der Waals surface area contributed by atoms with Crippen molar-refractivity contribution < 1.29 is 14.7 Å². The van der Waals surface area contributed by atoms with Crippen molar-refractivity contribution in [2.45, 2.75) is 18.9 Å². The SMILES string of the molecule is CNC(=O)c1sc(N2CCC(O)CC2)c(C(=O)NC)c1N. The van der Waals surface area contributed by atoms with E-state index >= 15 is 0 Å². The molecule has 1 aromatic heterocycles. The van der Waals surface area contributed by atoms with E-state index in [1.165, 1.54) is 25.4 Å². The number of nitrogen functional groups attached to an aromatic ring is 1. The summed E-state index contributed by atoms with van der Waals surface area (Å²) in [6.45, 7) is 1.27. The number of hydrogen-bond donors (Lipinski definition) is 4. The van der Waals surface area contributed by atoms with Gasteiger partial charge in [0.2, 0.25) is 0 Å². The van der Waals surface area contributed by atoms with Gasteiger partial charge in [0.25, 0.3) is 11.8 Å². The van der Waals surface area contributed by atoms with Gasteiger partial charge in [-0.15, -0.1) is 11.3 Å². The first kappa shape index (κ1) is 15.6. The van der Waals surface area contributed by atoms with Gasteiger partial charge >= 0.3 is 0 Å². The van der Waals surface area contributed by atoms with Crippen molar-refractivity contribution in [3.63, 3.8) is 0 Å². The third-order valence-corrected chi connectivity index (χ3v) is 4.83. The van der Waals surface area contributed by atoms with Crippen LogP contribution in [0.25, 0.3) is 0 Å². The molecule has 7 nitrogen and oxygen atoms in total. The van der Waals surface area contributed by atoms with E-state index in [1.807, 2.05) is 4.90 Å². The van der Waals surface area contributed by atoms with Crippen LogP contribution in [0.4, 0.5) is 10.7 Å². The number of carbonyl (C=O) groups excluding carboxylic acids is 2. The summed E-state index contributed by atoms with van der Waals surface area (Å²) in [6, 6.07) is 0. The number of nitrogens with one attached hydrogen (secondary N) is 2. The predicted molar refractivity (Wildman–Crippen MR) is 83.0 cm³/mol. The zero-order valence-corrected chi connectivity index (χ0v) is 12.9. The van der Waals surface area contributed by atoms with Crippen molar-refractivity contribution in [2.75, 3.05) is 37.8 Å². The van der Waals surface area contributed by atoms with Crippen LogP contribution in [0.1, 0.15) is 32.9 Å². The lowest BCUT2D eigenvalue weighted by atomic mass is 10.1. The first-order valence-corrected chi connectivity index (χ1v) is 7.60. The fraction of sp³-hybridized carbons (Fsp3) is 0.538. The molecule has 0 radical (unpaired) electrons. The Morgan fingerprint density at radius 1 is 1.24 bits per heavy atom. The highest BCUT2D eigenvalue weighted by atomic mass is 32.1. The molecule has 1 fully saturated rings. The van der Waals surface area contributed by atoms with E-state index in [2.05, 4.69) is 10.6 Å². The van der Waals surface area contributed by atoms with Gasteiger partial charge < -0.3 is 26.4 Å². The molecule has 0 aromatic carbocycles. The van der Waals surface area contributed by atoms with Crippen LogP contribution in [-0.2, 0) is 0 Å². The number of nitrogens with two attached hydrogens (primary N) is 1. The van der Waals surface area contributed by atoms with Crippen LogP contribution in [-0.4, -0.2) is 50.2 Å². The van der Waals surface area contributed by atoms with Gasteiger partial charge in [0.1, 0.15) is 9.88 Å². The lowest BCUT2D eigenvalue weighted by Crippen LogP contribution is -2.36. The fourth-order valence-electron chi connectivity index (χ4n) is 2.35. The molecule has 0 atom stereocenters. The van der Waals surface area contributed by atoms with Gasteiger partial charge in [-0.1, -0.05) is 0 Å². The van der Waals surface area contributed by atoms with Crippen LogP contribution >= 0.6 is 11.3 Å². The van der Waals surface area contributed by atoms with Crippen LogP contribution < -0.4 is 21.3 Å². The van der Waals surface area contributed by atoms with Gasteiger partial charge in [0.05, 0.1) is 17.4 Å². The van der Waals surface area contributed by atoms with E-state index in [9.17, 15) is 14.7 Å². The summed E-state index contributed by atoms with van der Waals surface area (Å²) >= 11 is 1.22. The molecule has 0 unspecified atom stereocenters. The lowest BCUT2D eigenvalue weighted by molar-refractivity contribution is 0.0962. The van der Waals surface area contributed by atoms with Crippen LogP contribution in [0, 0.1) is 0 Å². The molecule has 0 bridgehead atoms. The molecule has 5 N–H and O–H groups in total. The highest BCUT2D eigenvalue weighted by molar-refractivity contribution is 7.19. The molecular formula is C13H20N4O3S. The predicted octanol–water partition coefficient (Wildman–Crippen LogP) is 0.0106. The second-order valence-electron chi connectivity index (χ2n) is 4.90. The Morgan fingerprint density at radius 2 is 1.81 bits per heavy atom. The minimum atomic E-state index is -0.306. The summed E-state index contributed by atoms with van der Waals surface area (Å²) in [5.74, 6) is -0.606. The molecule has 1 aromatic rings. The van der Waals surface area contributed by atoms with E-state index in [1.54, 1.807) is 0 Å². The third kappa shape index (κ3) is 2.96. The van der Waals surface area contributed by atoms with Gasteiger partial charge in [-0.25, -0.2) is 0 Å². The zero-order valence-electron chi connectivity index (χ0n) is 12.1. The molecule has 0 saturated carbocycles. The van der Waals surface area contributed by atoms with Crippen molar-refractivity contribution in [1.82, 2.24) is 10.6 Å². The first-order chi connectivity index (χ1) is 9.99. The molecule has 2 heterocycles. The maximum Gasteiger partial charge on any atom is 0.263 e. The van der Waals surface area contributed by atoms with Gasteiger partial charge in [-0.05, 0) is 12.8 Å². The second-order valence-corrected chi connectivity index (χ2v) is 5.90. The van der Waals surface area contributed by atoms with E-state index in [0.717, 1.165) is 0 Å². The second kappa shape index (κ2) is 6.31. The van der Waals surface area contributed by atoms with Crippen molar-refractivity contribution in [1.29, 1.82) is 0 Å². The number of thiophene rings is 1. The minimum Gasteiger partial charge on any atom is -0.397 e. The van der Waals surface area contributed by atoms with E-state index in [-0.39, 0.29) is 23.6 Å². The maximum absolute atomic E-state index is 12.1. The zero-order chi connectivity index (χ0) is 15.6. The molecular weight excluding hydrogens is 292 g/mol. The van der Waals surface area contributed by atoms with Crippen LogP contribution in [0.15, 0.2) is 0 Å². The largest absolute Gasteiger partial charge is 0.397 e. The van der Waals surface area contributed by atoms with E-state index < -0.39 is 0 Å². The summed E-state index contributed by atoms with van der Waals surface area (Å²) in [6.07, 6.45) is 0.973. The number of rotatable bonds is 3. The van der Waals surface area contributed by atoms with Crippen LogP contribution in [0.5, 0.6) is 0 Å². The highest BCUT2D eigenvalue weighted by Gasteiger charge is 2.29. The van der Waals surface area contributed by atoms with Gasteiger partial charge in [0, 0.05) is 27.2 Å². The Balaban J connectivity index is 2.43. The van der Waals surface area contributed by atoms with Crippen molar-refractivity contribution in [3.05, 3.63) is 10.4 Å². The highest BCUT2D eigenvalue weighted by Crippen LogP contribution is 2.39. The molecule has 0 aliphatic carbocycles. The van der Waals surface area contributed by atoms with Gasteiger partial charge in [-0.2, -0.15) is 0 Å². The number of nitrogens with zero attached hydrogens (tertiary/aromatic N) is 1. The average molecular weight is 312 g/mol. The molecule has 1 saturated heterocycles. The molecule has 2 amide bonds. The minimum absolute atomic E-state index is 0.208. The summed E-state index contributed by atoms with van der Waals surface area (Å²) in [5.41, 5.74) is 6.56. The first-order valence-electron chi connectivity index (χ1n) is 6.79. The Hall–Kier alpha value is -1.80. The average Bonchev–Trinajstić information content (AvgIpc) is 2.84. The number of aliphatic hydroxyl groups excluding tert-OH is 1. The molecule has 1 aliphatic heterocycles. The molecule has 0 spiro atoms. The number of anilines is 2. The molecule has 1 aliphatic rings. The third-order valence-electron chi connectivity index (χ3n) is 3.57. The van der Waals surface area contributed by atoms with Crippen LogP contribution in [0.3, 0.4) is 0 Å². The molecule has 2 rings (SSSR count). The maximum atomic E-state index is 12.1. The van der Waals surface area contributed by atoms with Crippen LogP contribution in [0.2, 0.25) is 0 Å². The number of aliphatic hydroxyl groups is 1. The van der Waals surface area contributed by atoms with Crippen molar-refractivity contribution >= 4 is 33.8 Å². The molecule has 8 heteroatoms. The number of carbonyl (C=O) groups is 2. The van der Waals surface area contributed by atoms with E-state index in [4.69, 9.17) is 5.73 Å². The Bertz CT molecular complexity index is 550. The summed E-state index contributed by atoms with van der Waals surface area (Å²) in [7, 11) is 3.06. The summed E-state index contributed by atoms with van der Waals surface area (Å²) in [5, 5.41) is 15.4. The van der Waals surface area contributed by atoms with Gasteiger partial charge in [0.15, 0.2) is 0 Å². The monoisotopic (exact) mass is 312 g/mol. The smallest absolute Gasteiger partial charge is 0.263 e. The van der Waals surface area contributed by atoms with Gasteiger partial charge in [-0.3, -0.25) is 9.59 Å². The Labute approximate surface area is 127 Å². The quantitative estimate of drug-likeness (QED) is 0.629. The Kier molecular flexibility index (Phi) is 4.69. The molecule has 21 heavy (non-hydrogen) atoms. The lowest BCUT2D eigenvalue weighted by Gasteiger charge is -2.30. The molecule has 116 valence electrons. The number of hydrogen-bond acceptors (Lipinski definition) is 6. The standard InChI is InChI=1S/C13H20N4O3S/c1-15-11(19)8-9(14)10(12(20)16-2)21-13(8)17-5-3-7(18)4-6-17/h7,18H,3-6,14H2,1-2H3,(H,15,19)(H,16,20). The summed E-state index contributed by atoms with van der Waals surface area (Å²) < 4.78 is 0. The van der Waals surface area contributed by atoms with Crippen molar-refractivity contribution in [2.24, 2.45) is 0 Å².